The summed E-state index contributed by atoms with van der Waals surface area (Å²) < 4.78 is 0. The fourth-order valence-electron chi connectivity index (χ4n) is 3.98. The van der Waals surface area contributed by atoms with Gasteiger partial charge in [0.15, 0.2) is 0 Å². The summed E-state index contributed by atoms with van der Waals surface area (Å²) in [5.41, 5.74) is 0.921. The van der Waals surface area contributed by atoms with Crippen molar-refractivity contribution in [2.24, 2.45) is 5.92 Å². The fourth-order valence-corrected chi connectivity index (χ4v) is 3.98. The molecule has 3 rings (SSSR count). The zero-order valence-electron chi connectivity index (χ0n) is 14.3. The Bertz CT molecular complexity index is 517. The fraction of sp³-hybridized carbons (Fsp3) is 0.632. The molecule has 0 unspecified atom stereocenters. The minimum Gasteiger partial charge on any atom is -0.394 e. The number of urea groups is 1. The number of hydrogen-bond donors (Lipinski definition) is 3. The molecule has 1 aromatic rings. The SMILES string of the molecule is O=C(N[C@@H]1CCN(CC2CCCC2)C1)N[C@H](CO)c1ccccc1. The van der Waals surface area contributed by atoms with E-state index in [0.717, 1.165) is 31.0 Å². The van der Waals surface area contributed by atoms with E-state index in [9.17, 15) is 9.90 Å². The topological polar surface area (TPSA) is 64.6 Å². The molecule has 1 saturated carbocycles. The van der Waals surface area contributed by atoms with E-state index in [1.54, 1.807) is 0 Å². The van der Waals surface area contributed by atoms with Gasteiger partial charge in [-0.05, 0) is 30.7 Å². The van der Waals surface area contributed by atoms with Gasteiger partial charge in [0.05, 0.1) is 12.6 Å². The van der Waals surface area contributed by atoms with Crippen LogP contribution in [0.2, 0.25) is 0 Å². The maximum absolute atomic E-state index is 12.2. The molecule has 2 amide bonds. The maximum Gasteiger partial charge on any atom is 0.315 e. The van der Waals surface area contributed by atoms with Crippen molar-refractivity contribution in [1.82, 2.24) is 15.5 Å². The number of aliphatic hydroxyl groups is 1. The Balaban J connectivity index is 1.43. The zero-order valence-corrected chi connectivity index (χ0v) is 14.3. The number of rotatable bonds is 6. The van der Waals surface area contributed by atoms with Crippen molar-refractivity contribution in [1.29, 1.82) is 0 Å². The summed E-state index contributed by atoms with van der Waals surface area (Å²) in [5.74, 6) is 0.856. The Labute approximate surface area is 144 Å². The van der Waals surface area contributed by atoms with Crippen LogP contribution in [0.1, 0.15) is 43.7 Å². The van der Waals surface area contributed by atoms with Gasteiger partial charge in [-0.15, -0.1) is 0 Å². The van der Waals surface area contributed by atoms with Crippen LogP contribution in [-0.4, -0.2) is 48.3 Å². The van der Waals surface area contributed by atoms with Gasteiger partial charge in [-0.1, -0.05) is 43.2 Å². The van der Waals surface area contributed by atoms with Gasteiger partial charge >= 0.3 is 6.03 Å². The molecular weight excluding hydrogens is 302 g/mol. The van der Waals surface area contributed by atoms with E-state index in [0.29, 0.717) is 0 Å². The molecule has 2 atom stereocenters. The van der Waals surface area contributed by atoms with Gasteiger partial charge in [-0.25, -0.2) is 4.79 Å². The van der Waals surface area contributed by atoms with Crippen LogP contribution in [0.25, 0.3) is 0 Å². The van der Waals surface area contributed by atoms with Crippen molar-refractivity contribution < 1.29 is 9.90 Å². The first kappa shape index (κ1) is 17.2. The summed E-state index contributed by atoms with van der Waals surface area (Å²) in [5, 5.41) is 15.5. The standard InChI is InChI=1S/C19H29N3O2/c23-14-18(16-8-2-1-3-9-16)21-19(24)20-17-10-11-22(13-17)12-15-6-4-5-7-15/h1-3,8-9,15,17-18,23H,4-7,10-14H2,(H2,20,21,24)/t17-,18-/m1/s1. The summed E-state index contributed by atoms with van der Waals surface area (Å²) in [6, 6.07) is 9.25. The van der Waals surface area contributed by atoms with Crippen LogP contribution in [0, 0.1) is 5.92 Å². The second kappa shape index (κ2) is 8.49. The molecule has 2 fully saturated rings. The lowest BCUT2D eigenvalue weighted by molar-refractivity contribution is 0.213. The molecule has 1 aromatic carbocycles. The summed E-state index contributed by atoms with van der Waals surface area (Å²) in [6.45, 7) is 3.10. The number of nitrogens with one attached hydrogen (secondary N) is 2. The highest BCUT2D eigenvalue weighted by Gasteiger charge is 2.27. The highest BCUT2D eigenvalue weighted by molar-refractivity contribution is 5.74. The smallest absolute Gasteiger partial charge is 0.315 e. The molecular formula is C19H29N3O2. The van der Waals surface area contributed by atoms with E-state index in [1.807, 2.05) is 30.3 Å². The molecule has 0 bridgehead atoms. The zero-order chi connectivity index (χ0) is 16.8. The molecule has 5 nitrogen and oxygen atoms in total. The summed E-state index contributed by atoms with van der Waals surface area (Å²) in [7, 11) is 0. The average molecular weight is 331 g/mol. The Kier molecular flexibility index (Phi) is 6.10. The summed E-state index contributed by atoms with van der Waals surface area (Å²) in [4.78, 5) is 14.7. The van der Waals surface area contributed by atoms with Crippen LogP contribution in [0.5, 0.6) is 0 Å². The first-order valence-corrected chi connectivity index (χ1v) is 9.20. The van der Waals surface area contributed by atoms with Gasteiger partial charge in [0.1, 0.15) is 0 Å². The van der Waals surface area contributed by atoms with E-state index in [-0.39, 0.29) is 24.7 Å². The largest absolute Gasteiger partial charge is 0.394 e. The third-order valence-corrected chi connectivity index (χ3v) is 5.29. The van der Waals surface area contributed by atoms with Crippen molar-refractivity contribution in [3.8, 4) is 0 Å². The minimum absolute atomic E-state index is 0.101. The molecule has 5 heteroatoms. The van der Waals surface area contributed by atoms with Gasteiger partial charge in [0.25, 0.3) is 0 Å². The third kappa shape index (κ3) is 4.71. The number of likely N-dealkylation sites (tertiary alicyclic amines) is 1. The quantitative estimate of drug-likeness (QED) is 0.749. The second-order valence-electron chi connectivity index (χ2n) is 7.16. The molecule has 132 valence electrons. The third-order valence-electron chi connectivity index (χ3n) is 5.29. The van der Waals surface area contributed by atoms with Gasteiger partial charge in [0.2, 0.25) is 0 Å². The maximum atomic E-state index is 12.2. The molecule has 0 aromatic heterocycles. The van der Waals surface area contributed by atoms with Crippen LogP contribution in [0.4, 0.5) is 4.79 Å². The lowest BCUT2D eigenvalue weighted by Gasteiger charge is -2.21. The Morgan fingerprint density at radius 3 is 2.67 bits per heavy atom. The van der Waals surface area contributed by atoms with Crippen molar-refractivity contribution in [3.63, 3.8) is 0 Å². The minimum atomic E-state index is -0.359. The molecule has 1 aliphatic heterocycles. The van der Waals surface area contributed by atoms with Crippen LogP contribution in [0.15, 0.2) is 30.3 Å². The van der Waals surface area contributed by atoms with E-state index in [1.165, 1.54) is 32.2 Å². The van der Waals surface area contributed by atoms with E-state index in [2.05, 4.69) is 15.5 Å². The molecule has 3 N–H and O–H groups in total. The molecule has 1 saturated heterocycles. The van der Waals surface area contributed by atoms with Crippen molar-refractivity contribution in [2.75, 3.05) is 26.2 Å². The van der Waals surface area contributed by atoms with Crippen LogP contribution in [-0.2, 0) is 0 Å². The molecule has 1 aliphatic carbocycles. The molecule has 2 aliphatic rings. The molecule has 0 radical (unpaired) electrons. The first-order chi connectivity index (χ1) is 11.7. The van der Waals surface area contributed by atoms with Crippen LogP contribution < -0.4 is 10.6 Å². The molecule has 1 heterocycles. The predicted molar refractivity (Wildman–Crippen MR) is 94.7 cm³/mol. The number of amides is 2. The average Bonchev–Trinajstić information content (AvgIpc) is 3.26. The molecule has 24 heavy (non-hydrogen) atoms. The Morgan fingerprint density at radius 1 is 1.21 bits per heavy atom. The lowest BCUT2D eigenvalue weighted by Crippen LogP contribution is -2.45. The van der Waals surface area contributed by atoms with E-state index < -0.39 is 0 Å². The van der Waals surface area contributed by atoms with E-state index >= 15 is 0 Å². The normalized spacial score (nSPS) is 23.3. The highest BCUT2D eigenvalue weighted by Crippen LogP contribution is 2.26. The summed E-state index contributed by atoms with van der Waals surface area (Å²) in [6.07, 6.45) is 6.50. The number of hydrogen-bond acceptors (Lipinski definition) is 3. The van der Waals surface area contributed by atoms with Crippen molar-refractivity contribution in [3.05, 3.63) is 35.9 Å². The highest BCUT2D eigenvalue weighted by atomic mass is 16.3. The monoisotopic (exact) mass is 331 g/mol. The predicted octanol–water partition coefficient (Wildman–Crippen LogP) is 2.28. The Hall–Kier alpha value is -1.59. The first-order valence-electron chi connectivity index (χ1n) is 9.20. The number of aliphatic hydroxyl groups excluding tert-OH is 1. The van der Waals surface area contributed by atoms with Crippen LogP contribution >= 0.6 is 0 Å². The molecule has 0 spiro atoms. The second-order valence-corrected chi connectivity index (χ2v) is 7.16. The van der Waals surface area contributed by atoms with Crippen molar-refractivity contribution >= 4 is 6.03 Å². The number of carbonyl (C=O) groups excluding carboxylic acids is 1. The van der Waals surface area contributed by atoms with Gasteiger partial charge < -0.3 is 20.6 Å². The van der Waals surface area contributed by atoms with Crippen LogP contribution in [0.3, 0.4) is 0 Å². The number of nitrogens with zero attached hydrogens (tertiary/aromatic N) is 1. The summed E-state index contributed by atoms with van der Waals surface area (Å²) >= 11 is 0. The lowest BCUT2D eigenvalue weighted by atomic mass is 10.1. The number of benzene rings is 1. The van der Waals surface area contributed by atoms with Crippen molar-refractivity contribution in [2.45, 2.75) is 44.2 Å². The van der Waals surface area contributed by atoms with E-state index in [4.69, 9.17) is 0 Å². The number of carbonyl (C=O) groups is 1. The Morgan fingerprint density at radius 2 is 1.96 bits per heavy atom. The van der Waals surface area contributed by atoms with Gasteiger partial charge in [-0.3, -0.25) is 0 Å². The van der Waals surface area contributed by atoms with Gasteiger partial charge in [0, 0.05) is 25.7 Å². The van der Waals surface area contributed by atoms with Gasteiger partial charge in [-0.2, -0.15) is 0 Å².